The lowest BCUT2D eigenvalue weighted by atomic mass is 10.1. The highest BCUT2D eigenvalue weighted by atomic mass is 32.1. The van der Waals surface area contributed by atoms with Crippen molar-refractivity contribution in [2.24, 2.45) is 0 Å². The molecule has 5 heteroatoms. The molecule has 0 atom stereocenters. The Bertz CT molecular complexity index is 743. The standard InChI is InChI=1S/C13H8F3NS/c14-13(15,16)10-6-3-5-9-8-4-1-2-7-11(8)17(18)12(9)10/h1-7,18H. The Labute approximate surface area is 106 Å². The molecule has 0 aliphatic rings. The number of para-hydroxylation sites is 2. The van der Waals surface area contributed by atoms with E-state index in [-0.39, 0.29) is 5.52 Å². The van der Waals surface area contributed by atoms with Gasteiger partial charge >= 0.3 is 6.18 Å². The van der Waals surface area contributed by atoms with Crippen LogP contribution in [0.15, 0.2) is 42.5 Å². The molecule has 0 saturated heterocycles. The minimum absolute atomic E-state index is 0.106. The number of thiol groups is 1. The van der Waals surface area contributed by atoms with Gasteiger partial charge in [-0.1, -0.05) is 43.1 Å². The number of benzene rings is 2. The molecule has 0 aliphatic heterocycles. The van der Waals surface area contributed by atoms with Crippen LogP contribution in [0.5, 0.6) is 0 Å². The van der Waals surface area contributed by atoms with Crippen LogP contribution < -0.4 is 0 Å². The zero-order valence-electron chi connectivity index (χ0n) is 9.07. The van der Waals surface area contributed by atoms with Gasteiger partial charge in [0.15, 0.2) is 0 Å². The number of aromatic nitrogens is 1. The number of rotatable bonds is 0. The predicted octanol–water partition coefficient (Wildman–Crippen LogP) is 4.51. The Morgan fingerprint density at radius 2 is 1.56 bits per heavy atom. The van der Waals surface area contributed by atoms with Gasteiger partial charge in [-0.15, -0.1) is 0 Å². The minimum atomic E-state index is -4.38. The normalized spacial score (nSPS) is 12.4. The third-order valence-electron chi connectivity index (χ3n) is 2.98. The lowest BCUT2D eigenvalue weighted by Gasteiger charge is -2.09. The van der Waals surface area contributed by atoms with Crippen LogP contribution in [-0.4, -0.2) is 3.97 Å². The Morgan fingerprint density at radius 1 is 0.889 bits per heavy atom. The van der Waals surface area contributed by atoms with Crippen molar-refractivity contribution < 1.29 is 13.2 Å². The third-order valence-corrected chi connectivity index (χ3v) is 3.39. The van der Waals surface area contributed by atoms with Gasteiger partial charge in [-0.2, -0.15) is 13.2 Å². The van der Waals surface area contributed by atoms with Crippen molar-refractivity contribution in [3.05, 3.63) is 48.0 Å². The van der Waals surface area contributed by atoms with E-state index in [1.54, 1.807) is 30.3 Å². The van der Waals surface area contributed by atoms with Crippen molar-refractivity contribution >= 4 is 34.6 Å². The maximum Gasteiger partial charge on any atom is 0.418 e. The van der Waals surface area contributed by atoms with Gasteiger partial charge in [-0.05, 0) is 12.1 Å². The highest BCUT2D eigenvalue weighted by Gasteiger charge is 2.34. The molecule has 3 aromatic rings. The summed E-state index contributed by atoms with van der Waals surface area (Å²) in [5.41, 5.74) is 0.119. The summed E-state index contributed by atoms with van der Waals surface area (Å²) >= 11 is 4.19. The van der Waals surface area contributed by atoms with E-state index < -0.39 is 11.7 Å². The summed E-state index contributed by atoms with van der Waals surface area (Å²) in [5.74, 6) is 0. The molecule has 0 saturated carbocycles. The molecule has 1 nitrogen and oxygen atoms in total. The molecule has 1 heterocycles. The molecule has 18 heavy (non-hydrogen) atoms. The zero-order valence-corrected chi connectivity index (χ0v) is 9.96. The molecule has 0 bridgehead atoms. The summed E-state index contributed by atoms with van der Waals surface area (Å²) in [6.45, 7) is 0. The topological polar surface area (TPSA) is 4.93 Å². The molecule has 1 aromatic heterocycles. The fourth-order valence-electron chi connectivity index (χ4n) is 2.22. The Morgan fingerprint density at radius 3 is 2.28 bits per heavy atom. The van der Waals surface area contributed by atoms with E-state index in [4.69, 9.17) is 0 Å². The Balaban J connectivity index is 2.56. The summed E-state index contributed by atoms with van der Waals surface area (Å²) in [6, 6.07) is 11.3. The number of nitrogens with zero attached hydrogens (tertiary/aromatic N) is 1. The fourth-order valence-corrected chi connectivity index (χ4v) is 2.61. The summed E-state index contributed by atoms with van der Waals surface area (Å²) in [6.07, 6.45) is -4.38. The SMILES string of the molecule is FC(F)(F)c1cccc2c3ccccc3n(S)c12. The van der Waals surface area contributed by atoms with Gasteiger partial charge in [0.25, 0.3) is 0 Å². The number of alkyl halides is 3. The first-order valence-corrected chi connectivity index (χ1v) is 5.69. The van der Waals surface area contributed by atoms with E-state index in [0.29, 0.717) is 10.9 Å². The molecule has 3 rings (SSSR count). The second kappa shape index (κ2) is 3.68. The van der Waals surface area contributed by atoms with Crippen molar-refractivity contribution in [3.8, 4) is 0 Å². The van der Waals surface area contributed by atoms with Crippen molar-refractivity contribution in [2.45, 2.75) is 6.18 Å². The van der Waals surface area contributed by atoms with Crippen molar-refractivity contribution in [1.82, 2.24) is 3.97 Å². The fraction of sp³-hybridized carbons (Fsp3) is 0.0769. The number of fused-ring (bicyclic) bond motifs is 3. The van der Waals surface area contributed by atoms with Gasteiger partial charge in [-0.25, -0.2) is 0 Å². The lowest BCUT2D eigenvalue weighted by Crippen LogP contribution is -2.06. The molecule has 0 N–H and O–H groups in total. The molecule has 0 spiro atoms. The van der Waals surface area contributed by atoms with E-state index in [1.165, 1.54) is 10.0 Å². The van der Waals surface area contributed by atoms with E-state index in [1.807, 2.05) is 0 Å². The van der Waals surface area contributed by atoms with Crippen molar-refractivity contribution in [2.75, 3.05) is 0 Å². The number of halogens is 3. The van der Waals surface area contributed by atoms with Gasteiger partial charge in [-0.3, -0.25) is 3.97 Å². The summed E-state index contributed by atoms with van der Waals surface area (Å²) in [5, 5.41) is 1.34. The van der Waals surface area contributed by atoms with Crippen LogP contribution in [0, 0.1) is 0 Å². The summed E-state index contributed by atoms with van der Waals surface area (Å²) in [4.78, 5) is 0. The molecule has 0 unspecified atom stereocenters. The molecular weight excluding hydrogens is 259 g/mol. The Kier molecular flexibility index (Phi) is 2.35. The van der Waals surface area contributed by atoms with Crippen LogP contribution in [0.3, 0.4) is 0 Å². The summed E-state index contributed by atoms with van der Waals surface area (Å²) < 4.78 is 40.2. The third kappa shape index (κ3) is 1.50. The van der Waals surface area contributed by atoms with Gasteiger partial charge in [0.2, 0.25) is 0 Å². The average Bonchev–Trinajstić information content (AvgIpc) is 2.63. The molecule has 2 aromatic carbocycles. The van der Waals surface area contributed by atoms with Crippen LogP contribution in [0.4, 0.5) is 13.2 Å². The number of hydrogen-bond acceptors (Lipinski definition) is 1. The summed E-state index contributed by atoms with van der Waals surface area (Å²) in [7, 11) is 0. The van der Waals surface area contributed by atoms with Crippen LogP contribution in [0.25, 0.3) is 21.8 Å². The van der Waals surface area contributed by atoms with Crippen LogP contribution in [0.2, 0.25) is 0 Å². The van der Waals surface area contributed by atoms with Gasteiger partial charge in [0.1, 0.15) is 0 Å². The predicted molar refractivity (Wildman–Crippen MR) is 68.8 cm³/mol. The molecule has 0 radical (unpaired) electrons. The molecular formula is C13H8F3NS. The van der Waals surface area contributed by atoms with E-state index in [9.17, 15) is 13.2 Å². The monoisotopic (exact) mass is 267 g/mol. The second-order valence-corrected chi connectivity index (χ2v) is 4.43. The first-order chi connectivity index (χ1) is 8.50. The van der Waals surface area contributed by atoms with Crippen LogP contribution in [0.1, 0.15) is 5.56 Å². The highest BCUT2D eigenvalue weighted by molar-refractivity contribution is 7.79. The van der Waals surface area contributed by atoms with Gasteiger partial charge < -0.3 is 0 Å². The first-order valence-electron chi connectivity index (χ1n) is 5.29. The highest BCUT2D eigenvalue weighted by Crippen LogP contribution is 2.39. The Hall–Kier alpha value is -1.62. The van der Waals surface area contributed by atoms with E-state index in [0.717, 1.165) is 11.5 Å². The average molecular weight is 267 g/mol. The van der Waals surface area contributed by atoms with Crippen molar-refractivity contribution in [1.29, 1.82) is 0 Å². The van der Waals surface area contributed by atoms with Crippen molar-refractivity contribution in [3.63, 3.8) is 0 Å². The van der Waals surface area contributed by atoms with E-state index in [2.05, 4.69) is 12.8 Å². The maximum absolute atomic E-state index is 13.0. The van der Waals surface area contributed by atoms with Crippen LogP contribution >= 0.6 is 12.8 Å². The molecule has 0 amide bonds. The molecule has 92 valence electrons. The molecule has 0 aliphatic carbocycles. The van der Waals surface area contributed by atoms with Gasteiger partial charge in [0, 0.05) is 10.8 Å². The molecule has 0 fully saturated rings. The maximum atomic E-state index is 13.0. The minimum Gasteiger partial charge on any atom is -0.285 e. The number of hydrogen-bond donors (Lipinski definition) is 1. The zero-order chi connectivity index (χ0) is 12.9. The second-order valence-electron chi connectivity index (χ2n) is 4.03. The van der Waals surface area contributed by atoms with Crippen LogP contribution in [-0.2, 0) is 6.18 Å². The van der Waals surface area contributed by atoms with E-state index >= 15 is 0 Å². The lowest BCUT2D eigenvalue weighted by molar-refractivity contribution is -0.136. The first kappa shape index (κ1) is 11.5. The quantitative estimate of drug-likeness (QED) is 0.572. The largest absolute Gasteiger partial charge is 0.418 e. The van der Waals surface area contributed by atoms with Gasteiger partial charge in [0.05, 0.1) is 16.6 Å². The smallest absolute Gasteiger partial charge is 0.285 e.